The summed E-state index contributed by atoms with van der Waals surface area (Å²) in [6, 6.07) is 11.1. The molecular weight excluding hydrogens is 373 g/mol. The zero-order valence-electron chi connectivity index (χ0n) is 14.8. The van der Waals surface area contributed by atoms with Gasteiger partial charge in [-0.15, -0.1) is 0 Å². The Hall–Kier alpha value is -1.98. The van der Waals surface area contributed by atoms with E-state index < -0.39 is 6.10 Å². The molecule has 0 aliphatic carbocycles. The molecule has 0 saturated carbocycles. The fraction of sp³-hybridized carbons (Fsp3) is 0.368. The Bertz CT molecular complexity index is 792. The van der Waals surface area contributed by atoms with Gasteiger partial charge in [0.05, 0.1) is 5.02 Å². The van der Waals surface area contributed by atoms with E-state index >= 15 is 0 Å². The average molecular weight is 394 g/mol. The number of anilines is 1. The molecule has 1 saturated heterocycles. The van der Waals surface area contributed by atoms with Gasteiger partial charge in [-0.2, -0.15) is 0 Å². The number of halogens is 2. The van der Waals surface area contributed by atoms with Gasteiger partial charge in [0.2, 0.25) is 0 Å². The van der Waals surface area contributed by atoms with Gasteiger partial charge < -0.3 is 14.5 Å². The summed E-state index contributed by atoms with van der Waals surface area (Å²) in [7, 11) is 0. The maximum Gasteiger partial charge on any atom is 0.263 e. The number of pyridine rings is 1. The van der Waals surface area contributed by atoms with Gasteiger partial charge in [0, 0.05) is 26.2 Å². The molecule has 1 fully saturated rings. The van der Waals surface area contributed by atoms with E-state index in [9.17, 15) is 4.79 Å². The van der Waals surface area contributed by atoms with Gasteiger partial charge in [0.25, 0.3) is 5.91 Å². The second kappa shape index (κ2) is 8.14. The van der Waals surface area contributed by atoms with E-state index in [1.54, 1.807) is 19.1 Å². The van der Waals surface area contributed by atoms with Crippen LogP contribution in [0.1, 0.15) is 12.5 Å². The maximum absolute atomic E-state index is 12.7. The minimum absolute atomic E-state index is 0.0405. The summed E-state index contributed by atoms with van der Waals surface area (Å²) >= 11 is 12.1. The SMILES string of the molecule is Cc1ccc(Cl)c(OC(C)C(=O)N2CCN(c3cccc(Cl)n3)CC2)c1. The standard InChI is InChI=1S/C19H21Cl2N3O2/c1-13-6-7-15(20)16(12-13)26-14(2)19(25)24-10-8-23(9-11-24)18-5-3-4-17(21)22-18/h3-7,12,14H,8-11H2,1-2H3. The first kappa shape index (κ1) is 18.8. The van der Waals surface area contributed by atoms with Crippen LogP contribution in [0, 0.1) is 6.92 Å². The van der Waals surface area contributed by atoms with Crippen LogP contribution >= 0.6 is 23.2 Å². The van der Waals surface area contributed by atoms with Gasteiger partial charge in [0.1, 0.15) is 16.7 Å². The number of piperazine rings is 1. The summed E-state index contributed by atoms with van der Waals surface area (Å²) in [5.74, 6) is 1.33. The lowest BCUT2D eigenvalue weighted by Crippen LogP contribution is -2.52. The number of nitrogens with zero attached hydrogens (tertiary/aromatic N) is 3. The van der Waals surface area contributed by atoms with Crippen molar-refractivity contribution in [2.24, 2.45) is 0 Å². The molecule has 0 bridgehead atoms. The molecule has 0 spiro atoms. The summed E-state index contributed by atoms with van der Waals surface area (Å²) in [6.45, 7) is 6.35. The summed E-state index contributed by atoms with van der Waals surface area (Å²) in [6.07, 6.45) is -0.592. The molecule has 7 heteroatoms. The fourth-order valence-electron chi connectivity index (χ4n) is 2.93. The summed E-state index contributed by atoms with van der Waals surface area (Å²) in [5.41, 5.74) is 1.03. The molecule has 5 nitrogen and oxygen atoms in total. The molecule has 0 N–H and O–H groups in total. The van der Waals surface area contributed by atoms with Gasteiger partial charge in [-0.05, 0) is 43.7 Å². The number of benzene rings is 1. The Morgan fingerprint density at radius 3 is 2.58 bits per heavy atom. The first-order valence-corrected chi connectivity index (χ1v) is 9.29. The van der Waals surface area contributed by atoms with E-state index in [1.807, 2.05) is 36.1 Å². The molecule has 1 aliphatic rings. The van der Waals surface area contributed by atoms with Crippen molar-refractivity contribution in [2.45, 2.75) is 20.0 Å². The molecule has 2 aromatic rings. The van der Waals surface area contributed by atoms with Crippen molar-refractivity contribution >= 4 is 34.9 Å². The number of carbonyl (C=O) groups is 1. The van der Waals surface area contributed by atoms with Gasteiger partial charge in [-0.1, -0.05) is 35.3 Å². The fourth-order valence-corrected chi connectivity index (χ4v) is 3.25. The quantitative estimate of drug-likeness (QED) is 0.740. The Morgan fingerprint density at radius 2 is 1.88 bits per heavy atom. The Balaban J connectivity index is 1.58. The maximum atomic E-state index is 12.7. The summed E-state index contributed by atoms with van der Waals surface area (Å²) in [5, 5.41) is 0.977. The van der Waals surface area contributed by atoms with E-state index in [4.69, 9.17) is 27.9 Å². The van der Waals surface area contributed by atoms with Crippen LogP contribution in [0.4, 0.5) is 5.82 Å². The van der Waals surface area contributed by atoms with Gasteiger partial charge in [-0.3, -0.25) is 4.79 Å². The van der Waals surface area contributed by atoms with Crippen molar-refractivity contribution in [1.82, 2.24) is 9.88 Å². The molecular formula is C19H21Cl2N3O2. The number of rotatable bonds is 4. The highest BCUT2D eigenvalue weighted by atomic mass is 35.5. The van der Waals surface area contributed by atoms with Crippen molar-refractivity contribution in [1.29, 1.82) is 0 Å². The second-order valence-electron chi connectivity index (χ2n) is 6.32. The number of amides is 1. The minimum Gasteiger partial charge on any atom is -0.479 e. The number of aromatic nitrogens is 1. The van der Waals surface area contributed by atoms with E-state index in [0.29, 0.717) is 42.1 Å². The van der Waals surface area contributed by atoms with Crippen LogP contribution in [0.15, 0.2) is 36.4 Å². The van der Waals surface area contributed by atoms with Crippen molar-refractivity contribution in [3.8, 4) is 5.75 Å². The smallest absolute Gasteiger partial charge is 0.263 e. The lowest BCUT2D eigenvalue weighted by atomic mass is 10.2. The van der Waals surface area contributed by atoms with Crippen LogP contribution in [-0.4, -0.2) is 48.1 Å². The normalized spacial score (nSPS) is 15.7. The van der Waals surface area contributed by atoms with E-state index in [2.05, 4.69) is 9.88 Å². The largest absolute Gasteiger partial charge is 0.479 e. The van der Waals surface area contributed by atoms with Gasteiger partial charge >= 0.3 is 0 Å². The number of aryl methyl sites for hydroxylation is 1. The molecule has 1 unspecified atom stereocenters. The van der Waals surface area contributed by atoms with Crippen molar-refractivity contribution < 1.29 is 9.53 Å². The molecule has 26 heavy (non-hydrogen) atoms. The highest BCUT2D eigenvalue weighted by Gasteiger charge is 2.27. The summed E-state index contributed by atoms with van der Waals surface area (Å²) in [4.78, 5) is 21.0. The van der Waals surface area contributed by atoms with Crippen LogP contribution in [0.25, 0.3) is 0 Å². The first-order valence-electron chi connectivity index (χ1n) is 8.53. The molecule has 1 aromatic heterocycles. The van der Waals surface area contributed by atoms with Crippen LogP contribution in [0.5, 0.6) is 5.75 Å². The predicted molar refractivity (Wildman–Crippen MR) is 104 cm³/mol. The van der Waals surface area contributed by atoms with Crippen LogP contribution in [0.2, 0.25) is 10.2 Å². The monoisotopic (exact) mass is 393 g/mol. The third kappa shape index (κ3) is 4.40. The van der Waals surface area contributed by atoms with Crippen molar-refractivity contribution in [2.75, 3.05) is 31.1 Å². The van der Waals surface area contributed by atoms with Crippen molar-refractivity contribution in [3.63, 3.8) is 0 Å². The number of hydrogen-bond acceptors (Lipinski definition) is 4. The molecule has 138 valence electrons. The zero-order chi connectivity index (χ0) is 18.7. The van der Waals surface area contributed by atoms with Crippen LogP contribution < -0.4 is 9.64 Å². The van der Waals surface area contributed by atoms with E-state index in [1.165, 1.54) is 0 Å². The number of carbonyl (C=O) groups excluding carboxylic acids is 1. The Morgan fingerprint density at radius 1 is 1.15 bits per heavy atom. The van der Waals surface area contributed by atoms with E-state index in [-0.39, 0.29) is 5.91 Å². The molecule has 1 aliphatic heterocycles. The lowest BCUT2D eigenvalue weighted by Gasteiger charge is -2.36. The van der Waals surface area contributed by atoms with Gasteiger partial charge in [-0.25, -0.2) is 4.98 Å². The predicted octanol–water partition coefficient (Wildman–Crippen LogP) is 3.81. The first-order chi connectivity index (χ1) is 12.4. The Labute approximate surface area is 163 Å². The highest BCUT2D eigenvalue weighted by molar-refractivity contribution is 6.32. The average Bonchev–Trinajstić information content (AvgIpc) is 2.64. The van der Waals surface area contributed by atoms with Crippen LogP contribution in [-0.2, 0) is 4.79 Å². The molecule has 0 radical (unpaired) electrons. The zero-order valence-corrected chi connectivity index (χ0v) is 16.3. The molecule has 1 amide bonds. The van der Waals surface area contributed by atoms with E-state index in [0.717, 1.165) is 11.4 Å². The summed E-state index contributed by atoms with van der Waals surface area (Å²) < 4.78 is 5.80. The third-order valence-corrected chi connectivity index (χ3v) is 4.88. The minimum atomic E-state index is -0.592. The highest BCUT2D eigenvalue weighted by Crippen LogP contribution is 2.26. The second-order valence-corrected chi connectivity index (χ2v) is 7.12. The molecule has 3 rings (SSSR count). The lowest BCUT2D eigenvalue weighted by molar-refractivity contribution is -0.138. The van der Waals surface area contributed by atoms with Crippen LogP contribution in [0.3, 0.4) is 0 Å². The number of hydrogen-bond donors (Lipinski definition) is 0. The Kier molecular flexibility index (Phi) is 5.89. The van der Waals surface area contributed by atoms with Crippen molar-refractivity contribution in [3.05, 3.63) is 52.1 Å². The number of ether oxygens (including phenoxy) is 1. The molecule has 1 atom stereocenters. The van der Waals surface area contributed by atoms with Gasteiger partial charge in [0.15, 0.2) is 6.10 Å². The third-order valence-electron chi connectivity index (χ3n) is 4.35. The topological polar surface area (TPSA) is 45.7 Å². The molecule has 1 aromatic carbocycles. The molecule has 2 heterocycles.